The Bertz CT molecular complexity index is 739. The molecule has 1 aliphatic heterocycles. The molecule has 0 bridgehead atoms. The molecule has 0 amide bonds. The molecule has 1 aromatic carbocycles. The van der Waals surface area contributed by atoms with Gasteiger partial charge in [-0.05, 0) is 23.6 Å². The highest BCUT2D eigenvalue weighted by Gasteiger charge is 2.44. The average Bonchev–Trinajstić information content (AvgIpc) is 2.70. The van der Waals surface area contributed by atoms with E-state index in [0.29, 0.717) is 12.3 Å². The Hall–Kier alpha value is -1.64. The lowest BCUT2D eigenvalue weighted by molar-refractivity contribution is -0.0915. The van der Waals surface area contributed by atoms with Gasteiger partial charge in [0.2, 0.25) is 5.88 Å². The second kappa shape index (κ2) is 9.03. The van der Waals surface area contributed by atoms with E-state index in [2.05, 4.69) is 36.2 Å². The fourth-order valence-corrected chi connectivity index (χ4v) is 4.27. The van der Waals surface area contributed by atoms with Gasteiger partial charge in [0.25, 0.3) is 0 Å². The average molecular weight is 391 g/mol. The van der Waals surface area contributed by atoms with E-state index in [1.54, 1.807) is 6.20 Å². The lowest BCUT2D eigenvalue weighted by atomic mass is 10.0. The monoisotopic (exact) mass is 391 g/mol. The summed E-state index contributed by atoms with van der Waals surface area (Å²) >= 11 is 1.09. The maximum absolute atomic E-state index is 10.3. The summed E-state index contributed by atoms with van der Waals surface area (Å²) in [5.74, 6) is 0.369. The number of ether oxygens (including phenoxy) is 1. The van der Waals surface area contributed by atoms with E-state index in [1.165, 1.54) is 5.56 Å². The normalized spacial score (nSPS) is 28.1. The number of aliphatic hydroxyl groups is 4. The number of benzene rings is 1. The van der Waals surface area contributed by atoms with Crippen molar-refractivity contribution < 1.29 is 25.2 Å². The van der Waals surface area contributed by atoms with Crippen LogP contribution >= 0.6 is 11.8 Å². The topological polar surface area (TPSA) is 103 Å². The summed E-state index contributed by atoms with van der Waals surface area (Å²) in [6.45, 7) is 1.79. The molecule has 146 valence electrons. The third kappa shape index (κ3) is 4.62. The van der Waals surface area contributed by atoms with Crippen molar-refractivity contribution in [3.63, 3.8) is 0 Å². The predicted molar refractivity (Wildman–Crippen MR) is 104 cm³/mol. The Balaban J connectivity index is 1.77. The van der Waals surface area contributed by atoms with Crippen molar-refractivity contribution in [1.29, 1.82) is 0 Å². The van der Waals surface area contributed by atoms with Crippen molar-refractivity contribution in [2.45, 2.75) is 48.8 Å². The second-order valence-electron chi connectivity index (χ2n) is 6.63. The predicted octanol–water partition coefficient (Wildman–Crippen LogP) is 1.13. The van der Waals surface area contributed by atoms with Gasteiger partial charge in [0.05, 0.1) is 18.0 Å². The van der Waals surface area contributed by atoms with Crippen molar-refractivity contribution in [3.05, 3.63) is 59.3 Å². The van der Waals surface area contributed by atoms with Crippen LogP contribution < -0.4 is 4.74 Å². The number of aliphatic hydroxyl groups excluding tert-OH is 4. The molecule has 27 heavy (non-hydrogen) atoms. The molecular weight excluding hydrogens is 366 g/mol. The van der Waals surface area contributed by atoms with Crippen LogP contribution in [0.1, 0.15) is 23.6 Å². The summed E-state index contributed by atoms with van der Waals surface area (Å²) in [6, 6.07) is 12.1. The highest BCUT2D eigenvalue weighted by Crippen LogP contribution is 2.34. The van der Waals surface area contributed by atoms with E-state index in [9.17, 15) is 20.4 Å². The van der Waals surface area contributed by atoms with Crippen molar-refractivity contribution >= 4 is 11.8 Å². The van der Waals surface area contributed by atoms with Crippen LogP contribution in [-0.4, -0.2) is 61.0 Å². The number of pyridine rings is 1. The van der Waals surface area contributed by atoms with Gasteiger partial charge in [-0.25, -0.2) is 4.98 Å². The van der Waals surface area contributed by atoms with Crippen LogP contribution in [0.5, 0.6) is 5.88 Å². The minimum atomic E-state index is -1.39. The van der Waals surface area contributed by atoms with Crippen LogP contribution in [-0.2, 0) is 12.8 Å². The number of aryl methyl sites for hydroxylation is 1. The standard InChI is InChI=1S/C20H25NO5S/c1-2-12-5-7-13(8-6-12)10-14-4-3-9-21-19(14)26-20-18(25)17(24)16(23)15(11-22)27-20/h3-9,15-18,20,22-25H,2,10-11H2,1H3/t15-,16-,17+,18-,20-/m1/s1. The molecule has 1 aliphatic rings. The molecular formula is C20H25NO5S. The van der Waals surface area contributed by atoms with Crippen LogP contribution in [0.15, 0.2) is 42.6 Å². The fourth-order valence-electron chi connectivity index (χ4n) is 3.05. The highest BCUT2D eigenvalue weighted by atomic mass is 32.2. The lowest BCUT2D eigenvalue weighted by Crippen LogP contribution is -2.55. The largest absolute Gasteiger partial charge is 0.460 e. The Morgan fingerprint density at radius 3 is 2.37 bits per heavy atom. The SMILES string of the molecule is CCc1ccc(Cc2cccnc2O[C@@H]2S[C@H](CO)[C@@H](O)[C@H](O)[C@H]2O)cc1. The van der Waals surface area contributed by atoms with Gasteiger partial charge in [-0.1, -0.05) is 37.3 Å². The Morgan fingerprint density at radius 2 is 1.70 bits per heavy atom. The Morgan fingerprint density at radius 1 is 1.00 bits per heavy atom. The van der Waals surface area contributed by atoms with E-state index in [4.69, 9.17) is 4.74 Å². The Labute approximate surface area is 162 Å². The number of nitrogens with zero attached hydrogens (tertiary/aromatic N) is 1. The molecule has 7 heteroatoms. The first-order valence-corrected chi connectivity index (χ1v) is 9.96. The number of rotatable bonds is 6. The third-order valence-corrected chi connectivity index (χ3v) is 6.17. The molecule has 2 heterocycles. The smallest absolute Gasteiger partial charge is 0.218 e. The Kier molecular flexibility index (Phi) is 6.73. The van der Waals surface area contributed by atoms with Gasteiger partial charge >= 0.3 is 0 Å². The quantitative estimate of drug-likeness (QED) is 0.585. The molecule has 1 saturated heterocycles. The molecule has 1 aromatic heterocycles. The van der Waals surface area contributed by atoms with E-state index >= 15 is 0 Å². The maximum Gasteiger partial charge on any atom is 0.218 e. The van der Waals surface area contributed by atoms with Gasteiger partial charge in [-0.3, -0.25) is 0 Å². The van der Waals surface area contributed by atoms with Crippen molar-refractivity contribution in [3.8, 4) is 5.88 Å². The zero-order chi connectivity index (χ0) is 19.4. The highest BCUT2D eigenvalue weighted by molar-refractivity contribution is 8.00. The zero-order valence-corrected chi connectivity index (χ0v) is 15.9. The molecule has 4 N–H and O–H groups in total. The minimum absolute atomic E-state index is 0.325. The van der Waals surface area contributed by atoms with E-state index in [0.717, 1.165) is 29.3 Å². The molecule has 6 nitrogen and oxygen atoms in total. The van der Waals surface area contributed by atoms with Crippen LogP contribution in [0.2, 0.25) is 0 Å². The number of thioether (sulfide) groups is 1. The van der Waals surface area contributed by atoms with Crippen molar-refractivity contribution in [2.24, 2.45) is 0 Å². The molecule has 0 unspecified atom stereocenters. The number of aromatic nitrogens is 1. The van der Waals surface area contributed by atoms with Gasteiger partial charge in [0.15, 0.2) is 5.44 Å². The molecule has 0 aliphatic carbocycles. The van der Waals surface area contributed by atoms with Gasteiger partial charge < -0.3 is 25.2 Å². The first kappa shape index (κ1) is 20.1. The molecule has 3 rings (SSSR count). The number of hydrogen-bond acceptors (Lipinski definition) is 7. The van der Waals surface area contributed by atoms with Crippen molar-refractivity contribution in [1.82, 2.24) is 4.98 Å². The fraction of sp³-hybridized carbons (Fsp3) is 0.450. The van der Waals surface area contributed by atoms with E-state index in [1.807, 2.05) is 12.1 Å². The molecule has 1 fully saturated rings. The first-order valence-electron chi connectivity index (χ1n) is 9.02. The third-order valence-electron chi connectivity index (χ3n) is 4.75. The van der Waals surface area contributed by atoms with Gasteiger partial charge in [-0.15, -0.1) is 11.8 Å². The van der Waals surface area contributed by atoms with E-state index < -0.39 is 29.0 Å². The molecule has 0 radical (unpaired) electrons. The van der Waals surface area contributed by atoms with Gasteiger partial charge in [0.1, 0.15) is 12.2 Å². The van der Waals surface area contributed by atoms with Gasteiger partial charge in [-0.2, -0.15) is 0 Å². The van der Waals surface area contributed by atoms with Gasteiger partial charge in [0, 0.05) is 18.2 Å². The minimum Gasteiger partial charge on any atom is -0.460 e. The van der Waals surface area contributed by atoms with Crippen LogP contribution in [0.25, 0.3) is 0 Å². The zero-order valence-electron chi connectivity index (χ0n) is 15.1. The summed E-state index contributed by atoms with van der Waals surface area (Å²) in [6.07, 6.45) is -0.676. The van der Waals surface area contributed by atoms with Crippen LogP contribution in [0, 0.1) is 0 Å². The molecule has 5 atom stereocenters. The molecule has 0 saturated carbocycles. The van der Waals surface area contributed by atoms with Crippen LogP contribution in [0.4, 0.5) is 0 Å². The van der Waals surface area contributed by atoms with Crippen molar-refractivity contribution in [2.75, 3.05) is 6.61 Å². The second-order valence-corrected chi connectivity index (χ2v) is 7.97. The summed E-state index contributed by atoms with van der Waals surface area (Å²) in [7, 11) is 0. The maximum atomic E-state index is 10.3. The summed E-state index contributed by atoms with van der Waals surface area (Å²) in [5.41, 5.74) is 2.41. The van der Waals surface area contributed by atoms with E-state index in [-0.39, 0.29) is 6.61 Å². The summed E-state index contributed by atoms with van der Waals surface area (Å²) in [4.78, 5) is 4.28. The summed E-state index contributed by atoms with van der Waals surface area (Å²) < 4.78 is 5.89. The summed E-state index contributed by atoms with van der Waals surface area (Å²) in [5, 5.41) is 39.0. The lowest BCUT2D eigenvalue weighted by Gasteiger charge is -2.39. The number of hydrogen-bond donors (Lipinski definition) is 4. The van der Waals surface area contributed by atoms with Crippen LogP contribution in [0.3, 0.4) is 0 Å². The molecule has 0 spiro atoms. The first-order chi connectivity index (χ1) is 13.0. The molecule has 2 aromatic rings.